The Hall–Kier alpha value is -2.28. The third-order valence-electron chi connectivity index (χ3n) is 3.95. The molecule has 0 radical (unpaired) electrons. The highest BCUT2D eigenvalue weighted by Gasteiger charge is 2.23. The number of ether oxygens (including phenoxy) is 1. The van der Waals surface area contributed by atoms with E-state index in [0.717, 1.165) is 25.7 Å². The van der Waals surface area contributed by atoms with Crippen molar-refractivity contribution in [3.63, 3.8) is 0 Å². The second-order valence-electron chi connectivity index (χ2n) is 5.39. The molecule has 1 amide bonds. The van der Waals surface area contributed by atoms with Crippen LogP contribution in [-0.4, -0.2) is 44.7 Å². The van der Waals surface area contributed by atoms with Crippen LogP contribution in [-0.2, 0) is 4.74 Å². The van der Waals surface area contributed by atoms with E-state index in [2.05, 4.69) is 20.3 Å². The Morgan fingerprint density at radius 3 is 2.82 bits per heavy atom. The average Bonchev–Trinajstić information content (AvgIpc) is 3.10. The number of nitrogens with one attached hydrogen (secondary N) is 1. The minimum absolute atomic E-state index is 0.162. The third-order valence-corrected chi connectivity index (χ3v) is 3.95. The van der Waals surface area contributed by atoms with E-state index in [1.807, 2.05) is 0 Å². The van der Waals surface area contributed by atoms with Gasteiger partial charge in [-0.15, -0.1) is 0 Å². The zero-order valence-corrected chi connectivity index (χ0v) is 12.5. The lowest BCUT2D eigenvalue weighted by Gasteiger charge is -2.28. The molecular formula is C15H19N5O2. The van der Waals surface area contributed by atoms with Gasteiger partial charge in [0, 0.05) is 31.7 Å². The molecule has 0 atom stereocenters. The molecule has 7 nitrogen and oxygen atoms in total. The van der Waals surface area contributed by atoms with Gasteiger partial charge in [0.15, 0.2) is 0 Å². The lowest BCUT2D eigenvalue weighted by molar-refractivity contribution is 0.0598. The van der Waals surface area contributed by atoms with Crippen LogP contribution in [0.3, 0.4) is 0 Å². The molecule has 0 saturated heterocycles. The second kappa shape index (κ2) is 6.65. The Kier molecular flexibility index (Phi) is 4.43. The zero-order chi connectivity index (χ0) is 15.4. The molecule has 0 aliphatic heterocycles. The van der Waals surface area contributed by atoms with E-state index in [4.69, 9.17) is 4.74 Å². The monoisotopic (exact) mass is 301 g/mol. The topological polar surface area (TPSA) is 81.9 Å². The SMILES string of the molecule is COC1CCC(NC(=O)c2ccnc(-n3ccnc3)n2)CC1. The summed E-state index contributed by atoms with van der Waals surface area (Å²) in [6.45, 7) is 0. The molecule has 0 unspecified atom stereocenters. The number of hydrogen-bond donors (Lipinski definition) is 1. The minimum Gasteiger partial charge on any atom is -0.381 e. The molecule has 2 aromatic heterocycles. The summed E-state index contributed by atoms with van der Waals surface area (Å²) in [5.74, 6) is 0.276. The maximum Gasteiger partial charge on any atom is 0.270 e. The summed E-state index contributed by atoms with van der Waals surface area (Å²) >= 11 is 0. The summed E-state index contributed by atoms with van der Waals surface area (Å²) in [4.78, 5) is 24.7. The van der Waals surface area contributed by atoms with Gasteiger partial charge in [-0.3, -0.25) is 9.36 Å². The number of carbonyl (C=O) groups excluding carboxylic acids is 1. The van der Waals surface area contributed by atoms with Gasteiger partial charge >= 0.3 is 0 Å². The fraction of sp³-hybridized carbons (Fsp3) is 0.467. The molecule has 2 heterocycles. The fourth-order valence-corrected chi connectivity index (χ4v) is 2.68. The van der Waals surface area contributed by atoms with Crippen molar-refractivity contribution >= 4 is 5.91 Å². The molecular weight excluding hydrogens is 282 g/mol. The lowest BCUT2D eigenvalue weighted by atomic mass is 9.93. The van der Waals surface area contributed by atoms with Crippen LogP contribution in [0.1, 0.15) is 36.2 Å². The van der Waals surface area contributed by atoms with E-state index < -0.39 is 0 Å². The number of aromatic nitrogens is 4. The van der Waals surface area contributed by atoms with Crippen molar-refractivity contribution in [3.8, 4) is 5.95 Å². The molecule has 3 rings (SSSR count). The number of methoxy groups -OCH3 is 1. The van der Waals surface area contributed by atoms with Crippen molar-refractivity contribution < 1.29 is 9.53 Å². The molecule has 22 heavy (non-hydrogen) atoms. The third kappa shape index (κ3) is 3.30. The maximum absolute atomic E-state index is 12.3. The zero-order valence-electron chi connectivity index (χ0n) is 12.5. The van der Waals surface area contributed by atoms with Gasteiger partial charge < -0.3 is 10.1 Å². The van der Waals surface area contributed by atoms with E-state index in [1.165, 1.54) is 0 Å². The first-order valence-corrected chi connectivity index (χ1v) is 7.41. The number of amides is 1. The summed E-state index contributed by atoms with van der Waals surface area (Å²) in [5, 5.41) is 3.04. The van der Waals surface area contributed by atoms with Crippen LogP contribution in [0.2, 0.25) is 0 Å². The van der Waals surface area contributed by atoms with E-state index in [1.54, 1.807) is 42.7 Å². The fourth-order valence-electron chi connectivity index (χ4n) is 2.68. The van der Waals surface area contributed by atoms with E-state index in [0.29, 0.717) is 17.7 Å². The molecule has 2 aromatic rings. The Morgan fingerprint density at radius 1 is 1.32 bits per heavy atom. The van der Waals surface area contributed by atoms with Crippen LogP contribution in [0.25, 0.3) is 5.95 Å². The van der Waals surface area contributed by atoms with E-state index in [-0.39, 0.29) is 11.9 Å². The normalized spacial score (nSPS) is 21.5. The Bertz CT molecular complexity index is 621. The summed E-state index contributed by atoms with van der Waals surface area (Å²) in [5.41, 5.74) is 0.368. The van der Waals surface area contributed by atoms with E-state index in [9.17, 15) is 4.79 Å². The van der Waals surface area contributed by atoms with Crippen molar-refractivity contribution in [3.05, 3.63) is 36.7 Å². The van der Waals surface area contributed by atoms with Crippen LogP contribution in [0, 0.1) is 0 Å². The minimum atomic E-state index is -0.162. The van der Waals surface area contributed by atoms with Crippen molar-refractivity contribution in [2.24, 2.45) is 0 Å². The van der Waals surface area contributed by atoms with Crippen LogP contribution < -0.4 is 5.32 Å². The Morgan fingerprint density at radius 2 is 2.14 bits per heavy atom. The number of imidazole rings is 1. The van der Waals surface area contributed by atoms with Crippen LogP contribution in [0.4, 0.5) is 0 Å². The maximum atomic E-state index is 12.3. The molecule has 1 fully saturated rings. The number of rotatable bonds is 4. The molecule has 0 aromatic carbocycles. The highest BCUT2D eigenvalue weighted by molar-refractivity contribution is 5.92. The van der Waals surface area contributed by atoms with Crippen molar-refractivity contribution in [1.29, 1.82) is 0 Å². The lowest BCUT2D eigenvalue weighted by Crippen LogP contribution is -2.39. The molecule has 1 saturated carbocycles. The van der Waals surface area contributed by atoms with Crippen molar-refractivity contribution in [1.82, 2.24) is 24.8 Å². The molecule has 1 N–H and O–H groups in total. The van der Waals surface area contributed by atoms with Crippen LogP contribution in [0.15, 0.2) is 31.0 Å². The first kappa shape index (κ1) is 14.6. The number of nitrogens with zero attached hydrogens (tertiary/aromatic N) is 4. The highest BCUT2D eigenvalue weighted by atomic mass is 16.5. The van der Waals surface area contributed by atoms with Crippen molar-refractivity contribution in [2.45, 2.75) is 37.8 Å². The average molecular weight is 301 g/mol. The quantitative estimate of drug-likeness (QED) is 0.922. The molecule has 0 spiro atoms. The van der Waals surface area contributed by atoms with Crippen molar-refractivity contribution in [2.75, 3.05) is 7.11 Å². The van der Waals surface area contributed by atoms with Crippen LogP contribution >= 0.6 is 0 Å². The number of hydrogen-bond acceptors (Lipinski definition) is 5. The summed E-state index contributed by atoms with van der Waals surface area (Å²) < 4.78 is 7.01. The first-order valence-electron chi connectivity index (χ1n) is 7.41. The number of carbonyl (C=O) groups is 1. The van der Waals surface area contributed by atoms with E-state index >= 15 is 0 Å². The van der Waals surface area contributed by atoms with Gasteiger partial charge in [0.1, 0.15) is 12.0 Å². The molecule has 7 heteroatoms. The molecule has 1 aliphatic carbocycles. The molecule has 1 aliphatic rings. The standard InChI is InChI=1S/C15H19N5O2/c1-22-12-4-2-11(3-5-12)18-14(21)13-6-7-17-15(19-13)20-9-8-16-10-20/h6-12H,2-5H2,1H3,(H,18,21). The summed E-state index contributed by atoms with van der Waals surface area (Å²) in [6.07, 6.45) is 10.7. The van der Waals surface area contributed by atoms with Gasteiger partial charge in [-0.2, -0.15) is 0 Å². The summed E-state index contributed by atoms with van der Waals surface area (Å²) in [6, 6.07) is 1.81. The Balaban J connectivity index is 1.64. The predicted molar refractivity (Wildman–Crippen MR) is 79.7 cm³/mol. The smallest absolute Gasteiger partial charge is 0.270 e. The molecule has 0 bridgehead atoms. The highest BCUT2D eigenvalue weighted by Crippen LogP contribution is 2.20. The Labute approximate surface area is 128 Å². The van der Waals surface area contributed by atoms with Gasteiger partial charge in [0.2, 0.25) is 5.95 Å². The largest absolute Gasteiger partial charge is 0.381 e. The second-order valence-corrected chi connectivity index (χ2v) is 5.39. The first-order chi connectivity index (χ1) is 10.8. The van der Waals surface area contributed by atoms with Gasteiger partial charge in [-0.1, -0.05) is 0 Å². The van der Waals surface area contributed by atoms with Crippen LogP contribution in [0.5, 0.6) is 0 Å². The van der Waals surface area contributed by atoms with Gasteiger partial charge in [-0.05, 0) is 31.7 Å². The predicted octanol–water partition coefficient (Wildman–Crippen LogP) is 1.35. The molecule has 116 valence electrons. The van der Waals surface area contributed by atoms with Gasteiger partial charge in [0.05, 0.1) is 6.10 Å². The summed E-state index contributed by atoms with van der Waals surface area (Å²) in [7, 11) is 1.74. The van der Waals surface area contributed by atoms with Gasteiger partial charge in [0.25, 0.3) is 5.91 Å². The van der Waals surface area contributed by atoms with Gasteiger partial charge in [-0.25, -0.2) is 15.0 Å².